The smallest absolute Gasteiger partial charge is 0.310 e. The summed E-state index contributed by atoms with van der Waals surface area (Å²) in [6, 6.07) is 5.83. The molecule has 1 aromatic rings. The lowest BCUT2D eigenvalue weighted by molar-refractivity contribution is -0.385. The van der Waals surface area contributed by atoms with Crippen molar-refractivity contribution in [3.63, 3.8) is 0 Å². The largest absolute Gasteiger partial charge is 0.484 e. The van der Waals surface area contributed by atoms with Crippen LogP contribution in [0.4, 0.5) is 5.69 Å². The molecular formula is C9H10N4O4. The molecule has 0 radical (unpaired) electrons. The van der Waals surface area contributed by atoms with Gasteiger partial charge in [-0.25, -0.2) is 0 Å². The highest BCUT2D eigenvalue weighted by Crippen LogP contribution is 2.25. The molecule has 0 heterocycles. The van der Waals surface area contributed by atoms with Crippen LogP contribution in [0.1, 0.15) is 0 Å². The minimum absolute atomic E-state index is 0.0671. The van der Waals surface area contributed by atoms with E-state index in [1.165, 1.54) is 18.2 Å². The predicted octanol–water partition coefficient (Wildman–Crippen LogP) is 1.64. The third-order valence-electron chi connectivity index (χ3n) is 1.85. The van der Waals surface area contributed by atoms with Gasteiger partial charge in [-0.05, 0) is 11.6 Å². The van der Waals surface area contributed by atoms with Crippen LogP contribution in [0.25, 0.3) is 10.4 Å². The van der Waals surface area contributed by atoms with Crippen LogP contribution in [-0.2, 0) is 0 Å². The van der Waals surface area contributed by atoms with Crippen molar-refractivity contribution in [1.29, 1.82) is 0 Å². The Morgan fingerprint density at radius 3 is 2.94 bits per heavy atom. The van der Waals surface area contributed by atoms with Crippen LogP contribution in [0.3, 0.4) is 0 Å². The SMILES string of the molecule is [N-]=[N+]=NC[C@@H](O)COc1ccccc1[N+](=O)[O-]. The Morgan fingerprint density at radius 1 is 1.59 bits per heavy atom. The first-order chi connectivity index (χ1) is 8.15. The zero-order chi connectivity index (χ0) is 12.7. The van der Waals surface area contributed by atoms with E-state index in [0.29, 0.717) is 0 Å². The molecule has 0 spiro atoms. The summed E-state index contributed by atoms with van der Waals surface area (Å²) in [6.07, 6.45) is -0.995. The molecular weight excluding hydrogens is 228 g/mol. The summed E-state index contributed by atoms with van der Waals surface area (Å²) in [5.74, 6) is 0.0671. The highest BCUT2D eigenvalue weighted by atomic mass is 16.6. The van der Waals surface area contributed by atoms with Crippen LogP contribution in [0.15, 0.2) is 29.4 Å². The number of aliphatic hydroxyl groups excluding tert-OH is 1. The molecule has 1 rings (SSSR count). The topological polar surface area (TPSA) is 121 Å². The molecule has 0 aliphatic heterocycles. The van der Waals surface area contributed by atoms with E-state index in [1.807, 2.05) is 0 Å². The quantitative estimate of drug-likeness (QED) is 0.266. The number of para-hydroxylation sites is 2. The van der Waals surface area contributed by atoms with E-state index in [4.69, 9.17) is 10.3 Å². The van der Waals surface area contributed by atoms with E-state index in [2.05, 4.69) is 10.0 Å². The van der Waals surface area contributed by atoms with Crippen molar-refractivity contribution in [2.45, 2.75) is 6.10 Å². The molecule has 1 atom stereocenters. The van der Waals surface area contributed by atoms with E-state index in [-0.39, 0.29) is 24.6 Å². The minimum Gasteiger partial charge on any atom is -0.484 e. The molecule has 0 amide bonds. The molecule has 0 saturated carbocycles. The summed E-state index contributed by atoms with van der Waals surface area (Å²) in [7, 11) is 0. The van der Waals surface area contributed by atoms with Crippen LogP contribution in [0.2, 0.25) is 0 Å². The van der Waals surface area contributed by atoms with Gasteiger partial charge >= 0.3 is 5.69 Å². The van der Waals surface area contributed by atoms with E-state index in [1.54, 1.807) is 6.07 Å². The van der Waals surface area contributed by atoms with Gasteiger partial charge in [0, 0.05) is 11.0 Å². The maximum Gasteiger partial charge on any atom is 0.310 e. The lowest BCUT2D eigenvalue weighted by Gasteiger charge is -2.09. The van der Waals surface area contributed by atoms with E-state index < -0.39 is 11.0 Å². The van der Waals surface area contributed by atoms with Crippen molar-refractivity contribution in [3.8, 4) is 5.75 Å². The Hall–Kier alpha value is -2.31. The standard InChI is InChI=1S/C9H10N4O4/c10-12-11-5-7(14)6-17-9-4-2-1-3-8(9)13(15)16/h1-4,7,14H,5-6H2/t7-/m1/s1. The predicted molar refractivity (Wildman–Crippen MR) is 58.6 cm³/mol. The molecule has 0 aromatic heterocycles. The summed E-state index contributed by atoms with van der Waals surface area (Å²) >= 11 is 0. The van der Waals surface area contributed by atoms with Crippen LogP contribution >= 0.6 is 0 Å². The molecule has 0 bridgehead atoms. The Kier molecular flexibility index (Phi) is 4.74. The maximum atomic E-state index is 10.6. The van der Waals surface area contributed by atoms with Gasteiger partial charge in [-0.2, -0.15) is 0 Å². The number of aliphatic hydroxyl groups is 1. The molecule has 0 aliphatic carbocycles. The van der Waals surface area contributed by atoms with Crippen LogP contribution in [0.5, 0.6) is 5.75 Å². The maximum absolute atomic E-state index is 10.6. The number of nitro groups is 1. The zero-order valence-electron chi connectivity index (χ0n) is 8.76. The molecule has 0 fully saturated rings. The number of rotatable bonds is 6. The summed E-state index contributed by atoms with van der Waals surface area (Å²) in [5, 5.41) is 23.1. The lowest BCUT2D eigenvalue weighted by Crippen LogP contribution is -2.20. The molecule has 8 heteroatoms. The second-order valence-electron chi connectivity index (χ2n) is 3.10. The molecule has 0 saturated heterocycles. The van der Waals surface area contributed by atoms with Gasteiger partial charge in [0.1, 0.15) is 6.61 Å². The highest BCUT2D eigenvalue weighted by molar-refractivity contribution is 5.45. The fourth-order valence-electron chi connectivity index (χ4n) is 1.10. The van der Waals surface area contributed by atoms with Crippen LogP contribution < -0.4 is 4.74 Å². The molecule has 1 aromatic carbocycles. The van der Waals surface area contributed by atoms with Gasteiger partial charge in [0.05, 0.1) is 17.6 Å². The number of benzene rings is 1. The second kappa shape index (κ2) is 6.31. The number of nitro benzene ring substituents is 1. The average Bonchev–Trinajstić information content (AvgIpc) is 2.34. The van der Waals surface area contributed by atoms with Crippen molar-refractivity contribution in [2.24, 2.45) is 5.11 Å². The number of nitrogens with zero attached hydrogens (tertiary/aromatic N) is 4. The van der Waals surface area contributed by atoms with E-state index in [9.17, 15) is 15.2 Å². The van der Waals surface area contributed by atoms with Gasteiger partial charge in [-0.15, -0.1) is 0 Å². The average molecular weight is 238 g/mol. The zero-order valence-corrected chi connectivity index (χ0v) is 8.76. The summed E-state index contributed by atoms with van der Waals surface area (Å²) < 4.78 is 5.08. The Balaban J connectivity index is 2.62. The highest BCUT2D eigenvalue weighted by Gasteiger charge is 2.14. The lowest BCUT2D eigenvalue weighted by atomic mass is 10.3. The molecule has 8 nitrogen and oxygen atoms in total. The summed E-state index contributed by atoms with van der Waals surface area (Å²) in [5.41, 5.74) is 7.86. The number of hydrogen-bond acceptors (Lipinski definition) is 5. The van der Waals surface area contributed by atoms with Crippen molar-refractivity contribution in [3.05, 3.63) is 44.8 Å². The fourth-order valence-corrected chi connectivity index (χ4v) is 1.10. The van der Waals surface area contributed by atoms with Crippen molar-refractivity contribution < 1.29 is 14.8 Å². The monoisotopic (exact) mass is 238 g/mol. The second-order valence-corrected chi connectivity index (χ2v) is 3.10. The molecule has 0 aliphatic rings. The van der Waals surface area contributed by atoms with Crippen LogP contribution in [-0.4, -0.2) is 29.3 Å². The fraction of sp³-hybridized carbons (Fsp3) is 0.333. The van der Waals surface area contributed by atoms with E-state index in [0.717, 1.165) is 0 Å². The first-order valence-electron chi connectivity index (χ1n) is 4.70. The van der Waals surface area contributed by atoms with Gasteiger partial charge in [0.15, 0.2) is 5.75 Å². The number of ether oxygens (including phenoxy) is 1. The Morgan fingerprint density at radius 2 is 2.29 bits per heavy atom. The normalized spacial score (nSPS) is 11.4. The van der Waals surface area contributed by atoms with Crippen molar-refractivity contribution in [1.82, 2.24) is 0 Å². The van der Waals surface area contributed by atoms with Crippen molar-refractivity contribution in [2.75, 3.05) is 13.2 Å². The minimum atomic E-state index is -0.995. The number of azide groups is 1. The summed E-state index contributed by atoms with van der Waals surface area (Å²) in [6.45, 7) is -0.318. The van der Waals surface area contributed by atoms with Gasteiger partial charge in [0.25, 0.3) is 0 Å². The molecule has 1 N–H and O–H groups in total. The van der Waals surface area contributed by atoms with Crippen molar-refractivity contribution >= 4 is 5.69 Å². The number of hydrogen-bond donors (Lipinski definition) is 1. The van der Waals surface area contributed by atoms with Gasteiger partial charge < -0.3 is 9.84 Å². The summed E-state index contributed by atoms with van der Waals surface area (Å²) in [4.78, 5) is 12.5. The van der Waals surface area contributed by atoms with Gasteiger partial charge in [-0.3, -0.25) is 10.1 Å². The Labute approximate surface area is 96.2 Å². The first-order valence-corrected chi connectivity index (χ1v) is 4.70. The third-order valence-corrected chi connectivity index (χ3v) is 1.85. The third kappa shape index (κ3) is 3.98. The first kappa shape index (κ1) is 12.8. The molecule has 0 unspecified atom stereocenters. The van der Waals surface area contributed by atoms with E-state index >= 15 is 0 Å². The van der Waals surface area contributed by atoms with Gasteiger partial charge in [-0.1, -0.05) is 17.2 Å². The van der Waals surface area contributed by atoms with Crippen LogP contribution in [0, 0.1) is 10.1 Å². The Bertz CT molecular complexity index is 444. The molecule has 17 heavy (non-hydrogen) atoms. The molecule has 90 valence electrons. The van der Waals surface area contributed by atoms with Gasteiger partial charge in [0.2, 0.25) is 0 Å².